The quantitative estimate of drug-likeness (QED) is 0.774. The number of ether oxygens (including phenoxy) is 5. The number of hydrogen-bond donors (Lipinski definition) is 1. The van der Waals surface area contributed by atoms with Gasteiger partial charge >= 0.3 is 5.97 Å². The van der Waals surface area contributed by atoms with Crippen LogP contribution >= 0.6 is 0 Å². The number of rotatable bonds is 4. The minimum absolute atomic E-state index is 0.0874. The average molecular weight is 352 g/mol. The predicted molar refractivity (Wildman–Crippen MR) is 82.3 cm³/mol. The van der Waals surface area contributed by atoms with Gasteiger partial charge in [0, 0.05) is 12.7 Å². The van der Waals surface area contributed by atoms with Crippen LogP contribution in [0.3, 0.4) is 0 Å². The van der Waals surface area contributed by atoms with E-state index in [2.05, 4.69) is 4.74 Å². The summed E-state index contributed by atoms with van der Waals surface area (Å²) in [5.41, 5.74) is -1.46. The lowest BCUT2D eigenvalue weighted by Crippen LogP contribution is -2.67. The van der Waals surface area contributed by atoms with Gasteiger partial charge in [0.2, 0.25) is 5.78 Å². The molecule has 0 bridgehead atoms. The molecule has 0 spiro atoms. The molecule has 25 heavy (non-hydrogen) atoms. The molecule has 1 unspecified atom stereocenters. The number of fused-ring (bicyclic) bond motifs is 1. The topological polar surface area (TPSA) is 101 Å². The van der Waals surface area contributed by atoms with Gasteiger partial charge in [0.25, 0.3) is 0 Å². The number of carbonyl (C=O) groups is 2. The fraction of sp³-hybridized carbons (Fsp3) is 0.529. The minimum atomic E-state index is -2.19. The molecule has 0 aromatic heterocycles. The fourth-order valence-electron chi connectivity index (χ4n) is 3.00. The van der Waals surface area contributed by atoms with E-state index in [4.69, 9.17) is 18.9 Å². The molecule has 0 radical (unpaired) electrons. The summed E-state index contributed by atoms with van der Waals surface area (Å²) in [6, 6.07) is 9.10. The summed E-state index contributed by atoms with van der Waals surface area (Å²) in [6.07, 6.45) is -4.50. The Labute approximate surface area is 144 Å². The van der Waals surface area contributed by atoms with E-state index in [9.17, 15) is 14.7 Å². The zero-order valence-corrected chi connectivity index (χ0v) is 13.9. The summed E-state index contributed by atoms with van der Waals surface area (Å²) in [5.74, 6) is -1.45. The van der Waals surface area contributed by atoms with Crippen LogP contribution < -0.4 is 0 Å². The molecule has 1 aromatic carbocycles. The molecule has 0 aliphatic carbocycles. The summed E-state index contributed by atoms with van der Waals surface area (Å²) < 4.78 is 26.6. The van der Waals surface area contributed by atoms with Crippen molar-refractivity contribution in [1.29, 1.82) is 0 Å². The molecule has 8 heteroatoms. The maximum atomic E-state index is 12.9. The fourth-order valence-corrected chi connectivity index (χ4v) is 3.00. The van der Waals surface area contributed by atoms with Crippen LogP contribution in [0.25, 0.3) is 0 Å². The first-order valence-electron chi connectivity index (χ1n) is 7.83. The van der Waals surface area contributed by atoms with E-state index in [1.807, 2.05) is 18.2 Å². The standard InChI is InChI=1S/C17H20O8/c1-21-12(18)8-17(20)14(19)13-11(24-16(17)22-2)9-23-15(25-13)10-6-4-3-5-7-10/h3-7,11,13,15-16,20H,8-9H2,1-2H3/t11-,13-,15?,16+,17-/m1/s1. The second-order valence-corrected chi connectivity index (χ2v) is 5.92. The van der Waals surface area contributed by atoms with Crippen LogP contribution in [0.5, 0.6) is 0 Å². The Morgan fingerprint density at radius 2 is 2.00 bits per heavy atom. The van der Waals surface area contributed by atoms with Crippen LogP contribution in [0.1, 0.15) is 18.3 Å². The lowest BCUT2D eigenvalue weighted by molar-refractivity contribution is -0.331. The van der Waals surface area contributed by atoms with E-state index in [-0.39, 0.29) is 6.61 Å². The maximum absolute atomic E-state index is 12.9. The molecule has 1 aromatic rings. The van der Waals surface area contributed by atoms with Crippen molar-refractivity contribution in [1.82, 2.24) is 0 Å². The van der Waals surface area contributed by atoms with Gasteiger partial charge in [-0.25, -0.2) is 0 Å². The monoisotopic (exact) mass is 352 g/mol. The largest absolute Gasteiger partial charge is 0.469 e. The van der Waals surface area contributed by atoms with Gasteiger partial charge in [-0.3, -0.25) is 9.59 Å². The van der Waals surface area contributed by atoms with Crippen molar-refractivity contribution in [2.45, 2.75) is 36.8 Å². The Hall–Kier alpha value is -1.84. The number of esters is 1. The molecule has 2 aliphatic heterocycles. The van der Waals surface area contributed by atoms with Gasteiger partial charge in [0.15, 0.2) is 24.3 Å². The molecule has 2 saturated heterocycles. The molecule has 3 rings (SSSR count). The Morgan fingerprint density at radius 1 is 1.28 bits per heavy atom. The first-order valence-corrected chi connectivity index (χ1v) is 7.83. The van der Waals surface area contributed by atoms with Crippen molar-refractivity contribution in [3.8, 4) is 0 Å². The lowest BCUT2D eigenvalue weighted by atomic mass is 9.85. The molecule has 136 valence electrons. The van der Waals surface area contributed by atoms with Crippen molar-refractivity contribution in [3.05, 3.63) is 35.9 Å². The van der Waals surface area contributed by atoms with Crippen molar-refractivity contribution in [2.75, 3.05) is 20.8 Å². The minimum Gasteiger partial charge on any atom is -0.469 e. The molecule has 0 amide bonds. The van der Waals surface area contributed by atoms with Crippen molar-refractivity contribution < 1.29 is 38.4 Å². The zero-order chi connectivity index (χ0) is 18.0. The predicted octanol–water partition coefficient (Wildman–Crippen LogP) is 0.335. The summed E-state index contributed by atoms with van der Waals surface area (Å²) in [5, 5.41) is 10.8. The smallest absolute Gasteiger partial charge is 0.309 e. The summed E-state index contributed by atoms with van der Waals surface area (Å²) in [7, 11) is 2.44. The Morgan fingerprint density at radius 3 is 2.64 bits per heavy atom. The van der Waals surface area contributed by atoms with Gasteiger partial charge in [-0.2, -0.15) is 0 Å². The highest BCUT2D eigenvalue weighted by molar-refractivity contribution is 5.96. The molecule has 5 atom stereocenters. The second kappa shape index (κ2) is 7.19. The summed E-state index contributed by atoms with van der Waals surface area (Å²) in [4.78, 5) is 24.5. The number of benzene rings is 1. The van der Waals surface area contributed by atoms with Crippen LogP contribution in [0, 0.1) is 0 Å². The van der Waals surface area contributed by atoms with Gasteiger partial charge < -0.3 is 28.8 Å². The molecule has 8 nitrogen and oxygen atoms in total. The Bertz CT molecular complexity index is 633. The first-order chi connectivity index (χ1) is 12.0. The summed E-state index contributed by atoms with van der Waals surface area (Å²) in [6.45, 7) is 0.0874. The van der Waals surface area contributed by atoms with Gasteiger partial charge in [-0.15, -0.1) is 0 Å². The van der Waals surface area contributed by atoms with Crippen LogP contribution in [-0.4, -0.2) is 61.8 Å². The highest BCUT2D eigenvalue weighted by Gasteiger charge is 2.59. The summed E-state index contributed by atoms with van der Waals surface area (Å²) >= 11 is 0. The molecule has 0 saturated carbocycles. The van der Waals surface area contributed by atoms with Crippen molar-refractivity contribution in [2.24, 2.45) is 0 Å². The molecule has 2 fully saturated rings. The second-order valence-electron chi connectivity index (χ2n) is 5.92. The number of hydrogen-bond acceptors (Lipinski definition) is 8. The van der Waals surface area contributed by atoms with Gasteiger partial charge in [0.1, 0.15) is 6.10 Å². The van der Waals surface area contributed by atoms with Gasteiger partial charge in [-0.05, 0) is 0 Å². The van der Waals surface area contributed by atoms with Crippen LogP contribution in [0.2, 0.25) is 0 Å². The third-order valence-corrected chi connectivity index (χ3v) is 4.32. The number of carbonyl (C=O) groups excluding carboxylic acids is 2. The van der Waals surface area contributed by atoms with E-state index in [0.717, 1.165) is 5.56 Å². The third kappa shape index (κ3) is 3.31. The van der Waals surface area contributed by atoms with Crippen LogP contribution in [0.15, 0.2) is 30.3 Å². The van der Waals surface area contributed by atoms with Gasteiger partial charge in [0.05, 0.1) is 20.1 Å². The van der Waals surface area contributed by atoms with E-state index in [1.54, 1.807) is 12.1 Å². The Balaban J connectivity index is 1.83. The maximum Gasteiger partial charge on any atom is 0.309 e. The van der Waals surface area contributed by atoms with Crippen molar-refractivity contribution in [3.63, 3.8) is 0 Å². The molecular formula is C17H20O8. The molecular weight excluding hydrogens is 332 g/mol. The van der Waals surface area contributed by atoms with E-state index >= 15 is 0 Å². The van der Waals surface area contributed by atoms with E-state index < -0.39 is 48.6 Å². The van der Waals surface area contributed by atoms with Gasteiger partial charge in [-0.1, -0.05) is 30.3 Å². The third-order valence-electron chi connectivity index (χ3n) is 4.32. The zero-order valence-electron chi connectivity index (χ0n) is 13.9. The average Bonchev–Trinajstić information content (AvgIpc) is 2.65. The van der Waals surface area contributed by atoms with Crippen LogP contribution in [0.4, 0.5) is 0 Å². The number of methoxy groups -OCH3 is 2. The van der Waals surface area contributed by atoms with Crippen molar-refractivity contribution >= 4 is 11.8 Å². The first kappa shape index (κ1) is 18.0. The molecule has 1 N–H and O–H groups in total. The van der Waals surface area contributed by atoms with Crippen LogP contribution in [-0.2, 0) is 33.3 Å². The highest BCUT2D eigenvalue weighted by atomic mass is 16.7. The number of aliphatic hydroxyl groups is 1. The Kier molecular flexibility index (Phi) is 5.16. The number of Topliss-reactive ketones (excluding diaryl/α,β-unsaturated/α-hetero) is 1. The lowest BCUT2D eigenvalue weighted by Gasteiger charge is -2.46. The molecule has 2 heterocycles. The van der Waals surface area contributed by atoms with E-state index in [1.165, 1.54) is 14.2 Å². The number of ketones is 1. The normalized spacial score (nSPS) is 35.1. The van der Waals surface area contributed by atoms with E-state index in [0.29, 0.717) is 0 Å². The molecule has 2 aliphatic rings. The SMILES string of the molecule is COC(=O)C[C@@]1(O)C(=O)[C@@H]2OC(c3ccccc3)OC[C@H]2O[C@@H]1OC. The highest BCUT2D eigenvalue weighted by Crippen LogP contribution is 2.37.